The number of carboxylic acids is 1. The highest BCUT2D eigenvalue weighted by atomic mass is 16.5. The molecule has 4 rings (SSSR count). The molecule has 2 fully saturated rings. The summed E-state index contributed by atoms with van der Waals surface area (Å²) in [5.41, 5.74) is 3.58. The van der Waals surface area contributed by atoms with Crippen molar-refractivity contribution in [2.45, 2.75) is 24.8 Å². The lowest BCUT2D eigenvalue weighted by atomic mass is 9.76. The third-order valence-corrected chi connectivity index (χ3v) is 6.09. The normalized spacial score (nSPS) is 25.4. The van der Waals surface area contributed by atoms with Gasteiger partial charge in [-0.1, -0.05) is 54.6 Å². The van der Waals surface area contributed by atoms with Crippen LogP contribution in [0.15, 0.2) is 54.6 Å². The van der Waals surface area contributed by atoms with Gasteiger partial charge in [0.2, 0.25) is 0 Å². The highest BCUT2D eigenvalue weighted by Gasteiger charge is 2.49. The van der Waals surface area contributed by atoms with Crippen LogP contribution in [0.1, 0.15) is 29.0 Å². The first-order valence-corrected chi connectivity index (χ1v) is 9.28. The number of piperidine rings is 1. The molecule has 0 amide bonds. The zero-order chi connectivity index (χ0) is 18.1. The molecule has 2 unspecified atom stereocenters. The summed E-state index contributed by atoms with van der Waals surface area (Å²) in [7, 11) is 0. The van der Waals surface area contributed by atoms with E-state index in [9.17, 15) is 9.90 Å². The zero-order valence-corrected chi connectivity index (χ0v) is 15.1. The van der Waals surface area contributed by atoms with Gasteiger partial charge in [0.1, 0.15) is 0 Å². The Labute approximate surface area is 154 Å². The molecule has 2 heterocycles. The molecule has 2 aromatic carbocycles. The number of ether oxygens (including phenoxy) is 1. The van der Waals surface area contributed by atoms with Gasteiger partial charge in [-0.2, -0.15) is 0 Å². The van der Waals surface area contributed by atoms with Gasteiger partial charge in [0.15, 0.2) is 0 Å². The van der Waals surface area contributed by atoms with Crippen molar-refractivity contribution in [2.75, 3.05) is 26.3 Å². The van der Waals surface area contributed by atoms with Gasteiger partial charge in [-0.05, 0) is 30.0 Å². The average molecular weight is 351 g/mol. The van der Waals surface area contributed by atoms with Crippen LogP contribution in [-0.2, 0) is 15.1 Å². The third-order valence-electron chi connectivity index (χ3n) is 6.09. The van der Waals surface area contributed by atoms with E-state index in [2.05, 4.69) is 48.2 Å². The fourth-order valence-electron chi connectivity index (χ4n) is 4.57. The van der Waals surface area contributed by atoms with Crippen molar-refractivity contribution in [3.63, 3.8) is 0 Å². The summed E-state index contributed by atoms with van der Waals surface area (Å²) in [6.45, 7) is 5.04. The Morgan fingerprint density at radius 1 is 1.12 bits per heavy atom. The van der Waals surface area contributed by atoms with Crippen LogP contribution in [-0.4, -0.2) is 42.3 Å². The molecule has 2 atom stereocenters. The molecule has 2 aromatic rings. The van der Waals surface area contributed by atoms with Crippen molar-refractivity contribution >= 4 is 5.97 Å². The predicted molar refractivity (Wildman–Crippen MR) is 100 cm³/mol. The van der Waals surface area contributed by atoms with Crippen molar-refractivity contribution in [1.82, 2.24) is 4.90 Å². The summed E-state index contributed by atoms with van der Waals surface area (Å²) in [5, 5.41) is 9.75. The van der Waals surface area contributed by atoms with Gasteiger partial charge >= 0.3 is 5.97 Å². The maximum atomic E-state index is 11.9. The van der Waals surface area contributed by atoms with E-state index in [4.69, 9.17) is 4.74 Å². The van der Waals surface area contributed by atoms with E-state index in [1.165, 1.54) is 11.1 Å². The van der Waals surface area contributed by atoms with Crippen LogP contribution in [0.3, 0.4) is 0 Å². The highest BCUT2D eigenvalue weighted by Crippen LogP contribution is 2.43. The van der Waals surface area contributed by atoms with E-state index in [1.54, 1.807) is 0 Å². The maximum Gasteiger partial charge on any atom is 0.307 e. The molecule has 1 N–H and O–H groups in total. The van der Waals surface area contributed by atoms with Gasteiger partial charge in [-0.3, -0.25) is 9.69 Å². The number of benzene rings is 2. The number of aryl methyl sites for hydroxylation is 1. The van der Waals surface area contributed by atoms with Crippen molar-refractivity contribution in [1.29, 1.82) is 0 Å². The molecule has 0 aromatic heterocycles. The third kappa shape index (κ3) is 2.83. The fraction of sp³-hybridized carbons (Fsp3) is 0.409. The van der Waals surface area contributed by atoms with Crippen molar-refractivity contribution in [3.05, 3.63) is 71.3 Å². The molecule has 0 radical (unpaired) electrons. The van der Waals surface area contributed by atoms with Gasteiger partial charge in [-0.15, -0.1) is 0 Å². The van der Waals surface area contributed by atoms with Gasteiger partial charge in [0, 0.05) is 19.0 Å². The van der Waals surface area contributed by atoms with Gasteiger partial charge in [-0.25, -0.2) is 0 Å². The number of hydrogen-bond acceptors (Lipinski definition) is 3. The molecule has 2 saturated heterocycles. The molecule has 2 aliphatic rings. The lowest BCUT2D eigenvalue weighted by Gasteiger charge is -2.54. The Bertz CT molecular complexity index is 785. The van der Waals surface area contributed by atoms with Gasteiger partial charge in [0.05, 0.1) is 24.7 Å². The van der Waals surface area contributed by atoms with E-state index >= 15 is 0 Å². The SMILES string of the molecule is Cc1ccccc1C1(N2CCC(C(=O)O)C(c3ccccc3)C2)COC1. The topological polar surface area (TPSA) is 49.8 Å². The van der Waals surface area contributed by atoms with E-state index in [1.807, 2.05) is 18.2 Å². The lowest BCUT2D eigenvalue weighted by molar-refractivity contribution is -0.164. The van der Waals surface area contributed by atoms with Crippen LogP contribution < -0.4 is 0 Å². The molecule has 0 spiro atoms. The number of hydrogen-bond donors (Lipinski definition) is 1. The summed E-state index contributed by atoms with van der Waals surface area (Å²) in [6.07, 6.45) is 0.669. The van der Waals surface area contributed by atoms with E-state index in [0.717, 1.165) is 18.7 Å². The van der Waals surface area contributed by atoms with Crippen LogP contribution in [0.5, 0.6) is 0 Å². The summed E-state index contributed by atoms with van der Waals surface area (Å²) >= 11 is 0. The second-order valence-electron chi connectivity index (χ2n) is 7.54. The smallest absolute Gasteiger partial charge is 0.307 e. The largest absolute Gasteiger partial charge is 0.481 e. The summed E-state index contributed by atoms with van der Waals surface area (Å²) in [5.74, 6) is -1.01. The molecular weight excluding hydrogens is 326 g/mol. The number of likely N-dealkylation sites (tertiary alicyclic amines) is 1. The minimum absolute atomic E-state index is 0.00365. The van der Waals surface area contributed by atoms with Crippen molar-refractivity contribution < 1.29 is 14.6 Å². The van der Waals surface area contributed by atoms with Gasteiger partial charge < -0.3 is 9.84 Å². The molecule has 0 aliphatic carbocycles. The minimum Gasteiger partial charge on any atom is -0.481 e. The van der Waals surface area contributed by atoms with Crippen LogP contribution >= 0.6 is 0 Å². The van der Waals surface area contributed by atoms with E-state index < -0.39 is 5.97 Å². The van der Waals surface area contributed by atoms with E-state index in [0.29, 0.717) is 19.6 Å². The van der Waals surface area contributed by atoms with Crippen LogP contribution in [0, 0.1) is 12.8 Å². The standard InChI is InChI=1S/C22H25NO3/c1-16-7-5-6-10-20(16)22(14-26-15-22)23-12-11-18(21(24)25)19(13-23)17-8-3-2-4-9-17/h2-10,18-19H,11-15H2,1H3,(H,24,25). The number of rotatable bonds is 4. The lowest BCUT2D eigenvalue weighted by Crippen LogP contribution is -2.62. The van der Waals surface area contributed by atoms with Crippen molar-refractivity contribution in [3.8, 4) is 0 Å². The molecule has 4 nitrogen and oxygen atoms in total. The Balaban J connectivity index is 1.68. The average Bonchev–Trinajstić information content (AvgIpc) is 2.63. The fourth-order valence-corrected chi connectivity index (χ4v) is 4.57. The summed E-state index contributed by atoms with van der Waals surface area (Å²) in [6, 6.07) is 18.6. The number of carboxylic acid groups (broad SMARTS) is 1. The quantitative estimate of drug-likeness (QED) is 0.917. The molecular formula is C22H25NO3. The first-order valence-electron chi connectivity index (χ1n) is 9.28. The first-order chi connectivity index (χ1) is 12.6. The number of carbonyl (C=O) groups is 1. The highest BCUT2D eigenvalue weighted by molar-refractivity contribution is 5.71. The van der Waals surface area contributed by atoms with Crippen LogP contribution in [0.2, 0.25) is 0 Å². The number of nitrogens with zero attached hydrogens (tertiary/aromatic N) is 1. The molecule has 136 valence electrons. The minimum atomic E-state index is -0.687. The summed E-state index contributed by atoms with van der Waals surface area (Å²) in [4.78, 5) is 14.3. The molecule has 2 aliphatic heterocycles. The first kappa shape index (κ1) is 17.3. The second-order valence-corrected chi connectivity index (χ2v) is 7.54. The Morgan fingerprint density at radius 3 is 2.42 bits per heavy atom. The zero-order valence-electron chi connectivity index (χ0n) is 15.1. The Morgan fingerprint density at radius 2 is 1.81 bits per heavy atom. The molecule has 4 heteroatoms. The Kier molecular flexibility index (Phi) is 4.55. The molecule has 0 bridgehead atoms. The Hall–Kier alpha value is -2.17. The number of aliphatic carboxylic acids is 1. The predicted octanol–water partition coefficient (Wildman–Crippen LogP) is 3.41. The second kappa shape index (κ2) is 6.86. The molecule has 0 saturated carbocycles. The van der Waals surface area contributed by atoms with Crippen LogP contribution in [0.4, 0.5) is 0 Å². The van der Waals surface area contributed by atoms with Crippen LogP contribution in [0.25, 0.3) is 0 Å². The monoisotopic (exact) mass is 351 g/mol. The van der Waals surface area contributed by atoms with Crippen molar-refractivity contribution in [2.24, 2.45) is 5.92 Å². The van der Waals surface area contributed by atoms with Gasteiger partial charge in [0.25, 0.3) is 0 Å². The molecule has 26 heavy (non-hydrogen) atoms. The maximum absolute atomic E-state index is 11.9. The summed E-state index contributed by atoms with van der Waals surface area (Å²) < 4.78 is 5.66. The van der Waals surface area contributed by atoms with E-state index in [-0.39, 0.29) is 17.4 Å².